The molecule has 1 unspecified atom stereocenters. The number of aromatic nitrogens is 2. The summed E-state index contributed by atoms with van der Waals surface area (Å²) in [6.45, 7) is 1.49. The fourth-order valence-corrected chi connectivity index (χ4v) is 2.56. The summed E-state index contributed by atoms with van der Waals surface area (Å²) in [6.07, 6.45) is 2.68. The number of hydrogen-bond donors (Lipinski definition) is 1. The molecule has 2 aromatic heterocycles. The number of amides is 1. The van der Waals surface area contributed by atoms with Gasteiger partial charge in [0.1, 0.15) is 11.3 Å². The van der Waals surface area contributed by atoms with Crippen molar-refractivity contribution in [2.24, 2.45) is 0 Å². The molecule has 1 amide bonds. The predicted octanol–water partition coefficient (Wildman–Crippen LogP) is 2.54. The number of halogens is 1. The van der Waals surface area contributed by atoms with Crippen molar-refractivity contribution in [2.45, 2.75) is 19.5 Å². The first kappa shape index (κ1) is 16.6. The Morgan fingerprint density at radius 2 is 2.12 bits per heavy atom. The summed E-state index contributed by atoms with van der Waals surface area (Å²) in [5.41, 5.74) is 1.79. The van der Waals surface area contributed by atoms with Crippen LogP contribution in [0.25, 0.3) is 11.1 Å². The Hall–Kier alpha value is -3.29. The number of fused-ring (bicyclic) bond motifs is 1. The summed E-state index contributed by atoms with van der Waals surface area (Å²) in [7, 11) is 0. The highest BCUT2D eigenvalue weighted by Gasteiger charge is 2.29. The van der Waals surface area contributed by atoms with Gasteiger partial charge in [-0.25, -0.2) is 14.2 Å². The summed E-state index contributed by atoms with van der Waals surface area (Å²) >= 11 is 0. The van der Waals surface area contributed by atoms with Crippen LogP contribution in [-0.2, 0) is 16.1 Å². The SMILES string of the molecule is CC(c1ncccc1F)N(Cc1ccc2ocnc2c1)C(=O)C(=O)O. The van der Waals surface area contributed by atoms with Crippen molar-refractivity contribution in [2.75, 3.05) is 0 Å². The van der Waals surface area contributed by atoms with Crippen molar-refractivity contribution in [1.82, 2.24) is 14.9 Å². The van der Waals surface area contributed by atoms with Crippen molar-refractivity contribution in [3.05, 3.63) is 60.0 Å². The molecule has 7 nitrogen and oxygen atoms in total. The number of rotatable bonds is 4. The van der Waals surface area contributed by atoms with Crippen LogP contribution in [0.4, 0.5) is 4.39 Å². The molecule has 3 rings (SSSR count). The van der Waals surface area contributed by atoms with Crippen molar-refractivity contribution >= 4 is 23.0 Å². The number of carboxylic acids is 1. The Labute approximate surface area is 141 Å². The first-order valence-corrected chi connectivity index (χ1v) is 7.44. The summed E-state index contributed by atoms with van der Waals surface area (Å²) in [6, 6.07) is 6.82. The minimum absolute atomic E-state index is 0.000357. The highest BCUT2D eigenvalue weighted by atomic mass is 19.1. The number of hydrogen-bond acceptors (Lipinski definition) is 5. The molecule has 0 aliphatic rings. The van der Waals surface area contributed by atoms with E-state index in [4.69, 9.17) is 9.52 Å². The number of pyridine rings is 1. The van der Waals surface area contributed by atoms with Gasteiger partial charge in [-0.2, -0.15) is 0 Å². The van der Waals surface area contributed by atoms with Crippen LogP contribution < -0.4 is 0 Å². The second-order valence-corrected chi connectivity index (χ2v) is 5.44. The van der Waals surface area contributed by atoms with Crippen molar-refractivity contribution in [1.29, 1.82) is 0 Å². The summed E-state index contributed by atoms with van der Waals surface area (Å²) in [4.78, 5) is 32.3. The Balaban J connectivity index is 1.95. The fraction of sp³-hybridized carbons (Fsp3) is 0.176. The molecule has 0 aliphatic carbocycles. The van der Waals surface area contributed by atoms with E-state index < -0.39 is 23.7 Å². The van der Waals surface area contributed by atoms with Crippen LogP contribution >= 0.6 is 0 Å². The van der Waals surface area contributed by atoms with Gasteiger partial charge < -0.3 is 14.4 Å². The van der Waals surface area contributed by atoms with Crippen molar-refractivity contribution < 1.29 is 23.5 Å². The number of oxazole rings is 1. The third-order valence-electron chi connectivity index (χ3n) is 3.84. The summed E-state index contributed by atoms with van der Waals surface area (Å²) in [5, 5.41) is 9.10. The van der Waals surface area contributed by atoms with Crippen molar-refractivity contribution in [3.8, 4) is 0 Å². The van der Waals surface area contributed by atoms with Gasteiger partial charge in [-0.3, -0.25) is 9.78 Å². The average molecular weight is 343 g/mol. The van der Waals surface area contributed by atoms with Gasteiger partial charge in [0.2, 0.25) is 0 Å². The number of aliphatic carboxylic acids is 1. The topological polar surface area (TPSA) is 96.5 Å². The highest BCUT2D eigenvalue weighted by molar-refractivity contribution is 6.31. The van der Waals surface area contributed by atoms with Gasteiger partial charge in [-0.05, 0) is 36.8 Å². The zero-order chi connectivity index (χ0) is 18.0. The standard InChI is InChI=1S/C17H14FN3O4/c1-10(15-12(18)3-2-6-19-15)21(16(22)17(23)24)8-11-4-5-14-13(7-11)20-9-25-14/h2-7,9-10H,8H2,1H3,(H,23,24). The van der Waals surface area contributed by atoms with Crippen LogP contribution in [0.1, 0.15) is 24.2 Å². The van der Waals surface area contributed by atoms with E-state index in [0.717, 1.165) is 4.90 Å². The smallest absolute Gasteiger partial charge is 0.394 e. The largest absolute Gasteiger partial charge is 0.474 e. The minimum atomic E-state index is -1.62. The molecule has 0 radical (unpaired) electrons. The molecule has 0 saturated carbocycles. The Morgan fingerprint density at radius 1 is 1.32 bits per heavy atom. The number of nitrogens with zero attached hydrogens (tertiary/aromatic N) is 3. The van der Waals surface area contributed by atoms with Gasteiger partial charge in [0.05, 0.1) is 11.7 Å². The van der Waals surface area contributed by atoms with Crippen LogP contribution in [0.2, 0.25) is 0 Å². The van der Waals surface area contributed by atoms with E-state index in [0.29, 0.717) is 16.7 Å². The molecule has 1 atom stereocenters. The second-order valence-electron chi connectivity index (χ2n) is 5.44. The molecule has 0 spiro atoms. The lowest BCUT2D eigenvalue weighted by atomic mass is 10.1. The molecule has 0 aliphatic heterocycles. The highest BCUT2D eigenvalue weighted by Crippen LogP contribution is 2.24. The average Bonchev–Trinajstić information content (AvgIpc) is 3.06. The van der Waals surface area contributed by atoms with E-state index in [1.165, 1.54) is 31.6 Å². The number of carbonyl (C=O) groups is 2. The zero-order valence-electron chi connectivity index (χ0n) is 13.2. The van der Waals surface area contributed by atoms with E-state index in [9.17, 15) is 14.0 Å². The van der Waals surface area contributed by atoms with Gasteiger partial charge >= 0.3 is 11.9 Å². The van der Waals surface area contributed by atoms with E-state index in [1.807, 2.05) is 0 Å². The Morgan fingerprint density at radius 3 is 2.84 bits per heavy atom. The molecule has 0 saturated heterocycles. The maximum Gasteiger partial charge on any atom is 0.394 e. The molecule has 8 heteroatoms. The van der Waals surface area contributed by atoms with Gasteiger partial charge in [-0.1, -0.05) is 6.07 Å². The third kappa shape index (κ3) is 3.32. The molecular weight excluding hydrogens is 329 g/mol. The summed E-state index contributed by atoms with van der Waals surface area (Å²) in [5.74, 6) is -3.37. The van der Waals surface area contributed by atoms with Gasteiger partial charge in [0.25, 0.3) is 0 Å². The van der Waals surface area contributed by atoms with E-state index in [-0.39, 0.29) is 12.2 Å². The van der Waals surface area contributed by atoms with E-state index >= 15 is 0 Å². The van der Waals surface area contributed by atoms with Gasteiger partial charge in [0.15, 0.2) is 12.0 Å². The van der Waals surface area contributed by atoms with Crippen LogP contribution in [0.3, 0.4) is 0 Å². The molecule has 0 bridgehead atoms. The molecule has 1 N–H and O–H groups in total. The van der Waals surface area contributed by atoms with Crippen molar-refractivity contribution in [3.63, 3.8) is 0 Å². The fourth-order valence-electron chi connectivity index (χ4n) is 2.56. The predicted molar refractivity (Wildman–Crippen MR) is 84.8 cm³/mol. The quantitative estimate of drug-likeness (QED) is 0.731. The molecule has 3 aromatic rings. The Bertz CT molecular complexity index is 940. The lowest BCUT2D eigenvalue weighted by Gasteiger charge is -2.27. The van der Waals surface area contributed by atoms with Crippen LogP contribution in [0, 0.1) is 5.82 Å². The lowest BCUT2D eigenvalue weighted by molar-refractivity contribution is -0.157. The Kier molecular flexibility index (Phi) is 4.42. The third-order valence-corrected chi connectivity index (χ3v) is 3.84. The van der Waals surface area contributed by atoms with E-state index in [2.05, 4.69) is 9.97 Å². The van der Waals surface area contributed by atoms with Crippen LogP contribution in [0.5, 0.6) is 0 Å². The minimum Gasteiger partial charge on any atom is -0.474 e. The molecule has 128 valence electrons. The number of carboxylic acid groups (broad SMARTS) is 1. The number of carbonyl (C=O) groups excluding carboxylic acids is 1. The maximum atomic E-state index is 14.0. The molecule has 2 heterocycles. The number of benzene rings is 1. The molecule has 25 heavy (non-hydrogen) atoms. The first-order valence-electron chi connectivity index (χ1n) is 7.44. The van der Waals surface area contributed by atoms with Gasteiger partial charge in [0, 0.05) is 12.7 Å². The van der Waals surface area contributed by atoms with Gasteiger partial charge in [-0.15, -0.1) is 0 Å². The van der Waals surface area contributed by atoms with Crippen LogP contribution in [-0.4, -0.2) is 31.9 Å². The molecule has 1 aromatic carbocycles. The maximum absolute atomic E-state index is 14.0. The summed E-state index contributed by atoms with van der Waals surface area (Å²) < 4.78 is 19.2. The first-order chi connectivity index (χ1) is 12.0. The zero-order valence-corrected chi connectivity index (χ0v) is 13.2. The van der Waals surface area contributed by atoms with Crippen LogP contribution in [0.15, 0.2) is 47.3 Å². The lowest BCUT2D eigenvalue weighted by Crippen LogP contribution is -2.38. The monoisotopic (exact) mass is 343 g/mol. The second kappa shape index (κ2) is 6.68. The molecule has 0 fully saturated rings. The normalized spacial score (nSPS) is 12.1. The van der Waals surface area contributed by atoms with E-state index in [1.54, 1.807) is 18.2 Å². The molecular formula is C17H14FN3O4.